The van der Waals surface area contributed by atoms with Crippen LogP contribution in [-0.2, 0) is 0 Å². The van der Waals surface area contributed by atoms with E-state index in [2.05, 4.69) is 11.8 Å². The van der Waals surface area contributed by atoms with Gasteiger partial charge in [-0.25, -0.2) is 0 Å². The summed E-state index contributed by atoms with van der Waals surface area (Å²) in [5, 5.41) is 27.8. The molecule has 0 bridgehead atoms. The third-order valence-corrected chi connectivity index (χ3v) is 2.71. The van der Waals surface area contributed by atoms with Crippen LogP contribution < -0.4 is 0 Å². The fraction of sp³-hybridized carbons (Fsp3) is 0.800. The third kappa shape index (κ3) is 2.44. The molecule has 1 aliphatic rings. The Morgan fingerprint density at radius 3 is 2.77 bits per heavy atom. The van der Waals surface area contributed by atoms with Crippen LogP contribution in [0.4, 0.5) is 0 Å². The van der Waals surface area contributed by atoms with Gasteiger partial charge in [-0.05, 0) is 19.8 Å². The molecular weight excluding hydrogens is 168 g/mol. The normalized spacial score (nSPS) is 35.2. The van der Waals surface area contributed by atoms with Crippen LogP contribution in [0.3, 0.4) is 0 Å². The zero-order chi connectivity index (χ0) is 9.90. The van der Waals surface area contributed by atoms with Crippen LogP contribution in [0.2, 0.25) is 0 Å². The summed E-state index contributed by atoms with van der Waals surface area (Å²) >= 11 is 0. The second-order valence-corrected chi connectivity index (χ2v) is 3.78. The van der Waals surface area contributed by atoms with Crippen molar-refractivity contribution in [2.24, 2.45) is 5.92 Å². The van der Waals surface area contributed by atoms with Gasteiger partial charge in [-0.1, -0.05) is 18.3 Å². The van der Waals surface area contributed by atoms with Crippen molar-refractivity contribution in [3.05, 3.63) is 0 Å². The molecule has 3 nitrogen and oxygen atoms in total. The van der Waals surface area contributed by atoms with E-state index in [0.717, 1.165) is 19.3 Å². The molecule has 0 spiro atoms. The van der Waals surface area contributed by atoms with Gasteiger partial charge >= 0.3 is 0 Å². The van der Waals surface area contributed by atoms with Crippen LogP contribution in [0.1, 0.15) is 26.2 Å². The maximum absolute atomic E-state index is 9.83. The van der Waals surface area contributed by atoms with E-state index < -0.39 is 11.7 Å². The molecule has 3 N–H and O–H groups in total. The average Bonchev–Trinajstić information content (AvgIpc) is 2.41. The molecule has 0 aromatic rings. The predicted octanol–water partition coefficient (Wildman–Crippen LogP) is -0.106. The van der Waals surface area contributed by atoms with Crippen molar-refractivity contribution in [2.75, 3.05) is 6.61 Å². The number of hydrogen-bond donors (Lipinski definition) is 3. The minimum absolute atomic E-state index is 0.174. The van der Waals surface area contributed by atoms with E-state index in [-0.39, 0.29) is 12.5 Å². The Morgan fingerprint density at radius 2 is 2.31 bits per heavy atom. The fourth-order valence-corrected chi connectivity index (χ4v) is 1.92. The topological polar surface area (TPSA) is 60.7 Å². The number of hydrogen-bond acceptors (Lipinski definition) is 3. The van der Waals surface area contributed by atoms with Crippen molar-refractivity contribution >= 4 is 0 Å². The summed E-state index contributed by atoms with van der Waals surface area (Å²) in [5.41, 5.74) is -0.802. The van der Waals surface area contributed by atoms with Crippen molar-refractivity contribution in [2.45, 2.75) is 37.9 Å². The van der Waals surface area contributed by atoms with Crippen LogP contribution in [0.25, 0.3) is 0 Å². The SMILES string of the molecule is C[C@]1(O)CCC[C@H]1C(O)C#CCO. The van der Waals surface area contributed by atoms with E-state index in [1.54, 1.807) is 6.92 Å². The van der Waals surface area contributed by atoms with Crippen LogP contribution in [0.15, 0.2) is 0 Å². The second kappa shape index (κ2) is 4.10. The summed E-state index contributed by atoms with van der Waals surface area (Å²) in [7, 11) is 0. The Labute approximate surface area is 78.4 Å². The molecule has 0 heterocycles. The summed E-state index contributed by atoms with van der Waals surface area (Å²) in [6.45, 7) is 1.49. The van der Waals surface area contributed by atoms with Gasteiger partial charge in [-0.2, -0.15) is 0 Å². The summed E-state index contributed by atoms with van der Waals surface area (Å²) in [5.74, 6) is 4.76. The van der Waals surface area contributed by atoms with E-state index in [1.807, 2.05) is 0 Å². The molecule has 1 unspecified atom stereocenters. The second-order valence-electron chi connectivity index (χ2n) is 3.78. The minimum Gasteiger partial charge on any atom is -0.390 e. The van der Waals surface area contributed by atoms with Gasteiger partial charge in [0, 0.05) is 5.92 Å². The van der Waals surface area contributed by atoms with Crippen molar-refractivity contribution in [3.63, 3.8) is 0 Å². The maximum atomic E-state index is 9.83. The first-order valence-corrected chi connectivity index (χ1v) is 4.57. The summed E-state index contributed by atoms with van der Waals surface area (Å²) < 4.78 is 0. The highest BCUT2D eigenvalue weighted by molar-refractivity contribution is 5.10. The van der Waals surface area contributed by atoms with Gasteiger partial charge in [0.15, 0.2) is 0 Å². The first-order chi connectivity index (χ1) is 6.08. The Kier molecular flexibility index (Phi) is 3.32. The van der Waals surface area contributed by atoms with Gasteiger partial charge in [-0.3, -0.25) is 0 Å². The molecule has 1 fully saturated rings. The quantitative estimate of drug-likeness (QED) is 0.498. The molecular formula is C10H16O3. The van der Waals surface area contributed by atoms with Gasteiger partial charge in [0.2, 0.25) is 0 Å². The highest BCUT2D eigenvalue weighted by atomic mass is 16.3. The van der Waals surface area contributed by atoms with Crippen LogP contribution in [0, 0.1) is 17.8 Å². The van der Waals surface area contributed by atoms with E-state index in [4.69, 9.17) is 5.11 Å². The van der Waals surface area contributed by atoms with E-state index >= 15 is 0 Å². The first-order valence-electron chi connectivity index (χ1n) is 4.57. The lowest BCUT2D eigenvalue weighted by atomic mass is 9.88. The zero-order valence-electron chi connectivity index (χ0n) is 7.82. The fourth-order valence-electron chi connectivity index (χ4n) is 1.92. The first kappa shape index (κ1) is 10.5. The summed E-state index contributed by atoms with van der Waals surface area (Å²) in [6, 6.07) is 0. The molecule has 3 heteroatoms. The lowest BCUT2D eigenvalue weighted by Gasteiger charge is -2.27. The van der Waals surface area contributed by atoms with E-state index in [1.165, 1.54) is 0 Å². The molecule has 1 saturated carbocycles. The molecule has 0 amide bonds. The largest absolute Gasteiger partial charge is 0.390 e. The summed E-state index contributed by atoms with van der Waals surface area (Å²) in [6.07, 6.45) is 1.63. The maximum Gasteiger partial charge on any atom is 0.120 e. The van der Waals surface area contributed by atoms with Gasteiger partial charge in [0.1, 0.15) is 12.7 Å². The molecule has 0 aromatic heterocycles. The molecule has 0 aliphatic heterocycles. The number of aliphatic hydroxyl groups excluding tert-OH is 2. The Hall–Kier alpha value is -0.560. The number of rotatable bonds is 1. The van der Waals surface area contributed by atoms with Crippen molar-refractivity contribution in [3.8, 4) is 11.8 Å². The average molecular weight is 184 g/mol. The number of aliphatic hydroxyl groups is 3. The standard InChI is InChI=1S/C10H16O3/c1-10(13)6-2-4-8(10)9(12)5-3-7-11/h8-9,11-13H,2,4,6-7H2,1H3/t8-,9?,10-/m0/s1. The molecule has 0 saturated heterocycles. The van der Waals surface area contributed by atoms with Crippen LogP contribution >= 0.6 is 0 Å². The van der Waals surface area contributed by atoms with E-state index in [0.29, 0.717) is 0 Å². The molecule has 74 valence electrons. The third-order valence-electron chi connectivity index (χ3n) is 2.71. The van der Waals surface area contributed by atoms with Gasteiger partial charge in [0.25, 0.3) is 0 Å². The van der Waals surface area contributed by atoms with Gasteiger partial charge < -0.3 is 15.3 Å². The van der Waals surface area contributed by atoms with Gasteiger partial charge in [0.05, 0.1) is 5.60 Å². The highest BCUT2D eigenvalue weighted by Gasteiger charge is 2.40. The highest BCUT2D eigenvalue weighted by Crippen LogP contribution is 2.37. The summed E-state index contributed by atoms with van der Waals surface area (Å²) in [4.78, 5) is 0. The van der Waals surface area contributed by atoms with Crippen molar-refractivity contribution in [1.29, 1.82) is 0 Å². The monoisotopic (exact) mass is 184 g/mol. The smallest absolute Gasteiger partial charge is 0.120 e. The molecule has 0 aromatic carbocycles. The van der Waals surface area contributed by atoms with Crippen molar-refractivity contribution < 1.29 is 15.3 Å². The van der Waals surface area contributed by atoms with E-state index in [9.17, 15) is 10.2 Å². The lowest BCUT2D eigenvalue weighted by Crippen LogP contribution is -2.36. The molecule has 13 heavy (non-hydrogen) atoms. The lowest BCUT2D eigenvalue weighted by molar-refractivity contribution is -0.0203. The Balaban J connectivity index is 2.61. The van der Waals surface area contributed by atoms with Gasteiger partial charge in [-0.15, -0.1) is 0 Å². The van der Waals surface area contributed by atoms with Crippen LogP contribution in [0.5, 0.6) is 0 Å². The molecule has 3 atom stereocenters. The molecule has 1 rings (SSSR count). The molecule has 1 aliphatic carbocycles. The Bertz CT molecular complexity index is 224. The Morgan fingerprint density at radius 1 is 1.62 bits per heavy atom. The zero-order valence-corrected chi connectivity index (χ0v) is 7.82. The molecule has 0 radical (unpaired) electrons. The van der Waals surface area contributed by atoms with Crippen LogP contribution in [-0.4, -0.2) is 33.6 Å². The minimum atomic E-state index is -0.815. The van der Waals surface area contributed by atoms with Crippen molar-refractivity contribution in [1.82, 2.24) is 0 Å². The predicted molar refractivity (Wildman–Crippen MR) is 48.8 cm³/mol.